The van der Waals surface area contributed by atoms with Gasteiger partial charge in [0, 0.05) is 24.5 Å². The molecule has 2 rings (SSSR count). The summed E-state index contributed by atoms with van der Waals surface area (Å²) in [5.41, 5.74) is 1.06. The van der Waals surface area contributed by atoms with Crippen LogP contribution in [0, 0.1) is 19.8 Å². The Balaban J connectivity index is 1.75. The Morgan fingerprint density at radius 3 is 3.00 bits per heavy atom. The first-order valence-corrected chi connectivity index (χ1v) is 6.74. The maximum atomic E-state index is 11.7. The third-order valence-corrected chi connectivity index (χ3v) is 4.08. The topological polar surface area (TPSA) is 51.2 Å². The van der Waals surface area contributed by atoms with Crippen molar-refractivity contribution in [2.45, 2.75) is 33.2 Å². The van der Waals surface area contributed by atoms with E-state index in [9.17, 15) is 4.79 Å². The number of carbonyl (C=O) groups excluding carboxylic acids is 1. The van der Waals surface area contributed by atoms with Gasteiger partial charge in [0.15, 0.2) is 0 Å². The molecule has 94 valence electrons. The zero-order valence-corrected chi connectivity index (χ0v) is 11.1. The first kappa shape index (κ1) is 12.5. The van der Waals surface area contributed by atoms with Crippen molar-refractivity contribution in [1.29, 1.82) is 0 Å². The minimum atomic E-state index is 0.103. The van der Waals surface area contributed by atoms with Gasteiger partial charge in [-0.3, -0.25) is 4.79 Å². The second-order valence-electron chi connectivity index (χ2n) is 4.46. The van der Waals surface area contributed by atoms with Crippen LogP contribution in [0.3, 0.4) is 0 Å². The van der Waals surface area contributed by atoms with Crippen LogP contribution in [-0.2, 0) is 16.1 Å². The highest BCUT2D eigenvalue weighted by atomic mass is 32.1. The van der Waals surface area contributed by atoms with Crippen LogP contribution in [0.25, 0.3) is 0 Å². The monoisotopic (exact) mass is 254 g/mol. The first-order chi connectivity index (χ1) is 8.15. The maximum absolute atomic E-state index is 11.7. The summed E-state index contributed by atoms with van der Waals surface area (Å²) in [6.45, 7) is 6.11. The summed E-state index contributed by atoms with van der Waals surface area (Å²) in [6, 6.07) is 0. The minimum Gasteiger partial charge on any atom is -0.381 e. The number of aryl methyl sites for hydroxylation is 2. The number of carbonyl (C=O) groups is 1. The molecule has 1 unspecified atom stereocenters. The fraction of sp³-hybridized carbons (Fsp3) is 0.667. The molecular weight excluding hydrogens is 236 g/mol. The second kappa shape index (κ2) is 5.60. The summed E-state index contributed by atoms with van der Waals surface area (Å²) >= 11 is 1.65. The average molecular weight is 254 g/mol. The number of thiazole rings is 1. The molecule has 0 saturated carbocycles. The quantitative estimate of drug-likeness (QED) is 0.891. The van der Waals surface area contributed by atoms with Crippen LogP contribution in [0.5, 0.6) is 0 Å². The highest BCUT2D eigenvalue weighted by Gasteiger charge is 2.19. The number of hydrogen-bond donors (Lipinski definition) is 1. The number of nitrogens with zero attached hydrogens (tertiary/aromatic N) is 1. The molecular formula is C12H18N2O2S. The van der Waals surface area contributed by atoms with Crippen LogP contribution in [-0.4, -0.2) is 24.1 Å². The molecule has 1 fully saturated rings. The van der Waals surface area contributed by atoms with Crippen molar-refractivity contribution in [2.24, 2.45) is 5.92 Å². The zero-order chi connectivity index (χ0) is 12.3. The largest absolute Gasteiger partial charge is 0.381 e. The van der Waals surface area contributed by atoms with E-state index in [-0.39, 0.29) is 5.91 Å². The van der Waals surface area contributed by atoms with E-state index in [1.807, 2.05) is 13.8 Å². The number of rotatable bonds is 4. The molecule has 0 radical (unpaired) electrons. The molecule has 1 N–H and O–H groups in total. The standard InChI is InChI=1S/C12H18N2O2S/c1-8-9(2)17-12(14-8)6-13-11(15)5-10-3-4-16-7-10/h10H,3-7H2,1-2H3,(H,13,15). The van der Waals surface area contributed by atoms with Crippen molar-refractivity contribution in [1.82, 2.24) is 10.3 Å². The van der Waals surface area contributed by atoms with Crippen molar-refractivity contribution in [3.63, 3.8) is 0 Å². The van der Waals surface area contributed by atoms with Crippen LogP contribution in [0.4, 0.5) is 0 Å². The van der Waals surface area contributed by atoms with Crippen LogP contribution >= 0.6 is 11.3 Å². The molecule has 0 aliphatic carbocycles. The van der Waals surface area contributed by atoms with E-state index in [1.54, 1.807) is 11.3 Å². The van der Waals surface area contributed by atoms with Gasteiger partial charge >= 0.3 is 0 Å². The van der Waals surface area contributed by atoms with Crippen molar-refractivity contribution in [2.75, 3.05) is 13.2 Å². The molecule has 4 nitrogen and oxygen atoms in total. The van der Waals surface area contributed by atoms with E-state index in [0.717, 1.165) is 30.3 Å². The van der Waals surface area contributed by atoms with Crippen molar-refractivity contribution in [3.05, 3.63) is 15.6 Å². The van der Waals surface area contributed by atoms with E-state index in [0.29, 0.717) is 18.9 Å². The van der Waals surface area contributed by atoms with Crippen LogP contribution in [0.1, 0.15) is 28.4 Å². The Hall–Kier alpha value is -0.940. The lowest BCUT2D eigenvalue weighted by molar-refractivity contribution is -0.122. The van der Waals surface area contributed by atoms with Gasteiger partial charge in [0.05, 0.1) is 12.2 Å². The summed E-state index contributed by atoms with van der Waals surface area (Å²) < 4.78 is 5.25. The van der Waals surface area contributed by atoms with Gasteiger partial charge in [-0.15, -0.1) is 11.3 Å². The lowest BCUT2D eigenvalue weighted by Gasteiger charge is -2.07. The summed E-state index contributed by atoms with van der Waals surface area (Å²) in [7, 11) is 0. The molecule has 1 amide bonds. The van der Waals surface area contributed by atoms with Gasteiger partial charge in [-0.2, -0.15) is 0 Å². The van der Waals surface area contributed by atoms with Crippen molar-refractivity contribution in [3.8, 4) is 0 Å². The van der Waals surface area contributed by atoms with E-state index in [1.165, 1.54) is 4.88 Å². The van der Waals surface area contributed by atoms with Crippen molar-refractivity contribution >= 4 is 17.2 Å². The van der Waals surface area contributed by atoms with E-state index >= 15 is 0 Å². The Morgan fingerprint density at radius 2 is 2.41 bits per heavy atom. The van der Waals surface area contributed by atoms with Gasteiger partial charge in [0.25, 0.3) is 0 Å². The Morgan fingerprint density at radius 1 is 1.59 bits per heavy atom. The zero-order valence-electron chi connectivity index (χ0n) is 10.3. The summed E-state index contributed by atoms with van der Waals surface area (Å²) in [6.07, 6.45) is 1.58. The van der Waals surface area contributed by atoms with Gasteiger partial charge < -0.3 is 10.1 Å². The molecule has 17 heavy (non-hydrogen) atoms. The maximum Gasteiger partial charge on any atom is 0.220 e. The SMILES string of the molecule is Cc1nc(CNC(=O)CC2CCOC2)sc1C. The Kier molecular flexibility index (Phi) is 4.12. The van der Waals surface area contributed by atoms with Gasteiger partial charge in [-0.25, -0.2) is 4.98 Å². The van der Waals surface area contributed by atoms with Crippen LogP contribution < -0.4 is 5.32 Å². The number of nitrogens with one attached hydrogen (secondary N) is 1. The molecule has 0 bridgehead atoms. The van der Waals surface area contributed by atoms with Crippen LogP contribution in [0.2, 0.25) is 0 Å². The summed E-state index contributed by atoms with van der Waals surface area (Å²) in [5.74, 6) is 0.501. The number of amides is 1. The summed E-state index contributed by atoms with van der Waals surface area (Å²) in [4.78, 5) is 17.3. The molecule has 0 spiro atoms. The van der Waals surface area contributed by atoms with Gasteiger partial charge in [-0.1, -0.05) is 0 Å². The lowest BCUT2D eigenvalue weighted by atomic mass is 10.1. The molecule has 2 heterocycles. The smallest absolute Gasteiger partial charge is 0.220 e. The molecule has 1 aliphatic heterocycles. The molecule has 1 atom stereocenters. The molecule has 1 aliphatic rings. The molecule has 1 saturated heterocycles. The number of aromatic nitrogens is 1. The predicted molar refractivity (Wildman–Crippen MR) is 67.0 cm³/mol. The molecule has 0 aromatic carbocycles. The third kappa shape index (κ3) is 3.51. The molecule has 1 aromatic heterocycles. The Labute approximate surface area is 105 Å². The van der Waals surface area contributed by atoms with Gasteiger partial charge in [0.1, 0.15) is 5.01 Å². The average Bonchev–Trinajstić information content (AvgIpc) is 2.87. The van der Waals surface area contributed by atoms with E-state index in [2.05, 4.69) is 10.3 Å². The van der Waals surface area contributed by atoms with Crippen molar-refractivity contribution < 1.29 is 9.53 Å². The van der Waals surface area contributed by atoms with Gasteiger partial charge in [-0.05, 0) is 26.2 Å². The minimum absolute atomic E-state index is 0.103. The highest BCUT2D eigenvalue weighted by Crippen LogP contribution is 2.17. The second-order valence-corrected chi connectivity index (χ2v) is 5.75. The highest BCUT2D eigenvalue weighted by molar-refractivity contribution is 7.11. The predicted octanol–water partition coefficient (Wildman–Crippen LogP) is 1.80. The number of ether oxygens (including phenoxy) is 1. The lowest BCUT2D eigenvalue weighted by Crippen LogP contribution is -2.25. The summed E-state index contributed by atoms with van der Waals surface area (Å²) in [5, 5.41) is 3.90. The molecule has 1 aromatic rings. The number of hydrogen-bond acceptors (Lipinski definition) is 4. The Bertz CT molecular complexity index is 378. The molecule has 5 heteroatoms. The van der Waals surface area contributed by atoms with E-state index in [4.69, 9.17) is 4.74 Å². The first-order valence-electron chi connectivity index (χ1n) is 5.92. The fourth-order valence-corrected chi connectivity index (χ4v) is 2.74. The third-order valence-electron chi connectivity index (χ3n) is 3.01. The van der Waals surface area contributed by atoms with Crippen LogP contribution in [0.15, 0.2) is 0 Å². The van der Waals surface area contributed by atoms with Gasteiger partial charge in [0.2, 0.25) is 5.91 Å². The fourth-order valence-electron chi connectivity index (χ4n) is 1.87. The van der Waals surface area contributed by atoms with E-state index < -0.39 is 0 Å². The normalized spacial score (nSPS) is 19.5.